The highest BCUT2D eigenvalue weighted by Crippen LogP contribution is 2.21. The van der Waals surface area contributed by atoms with Crippen molar-refractivity contribution in [3.63, 3.8) is 0 Å². The predicted octanol–water partition coefficient (Wildman–Crippen LogP) is 3.67. The minimum absolute atomic E-state index is 0.136. The molecule has 0 aliphatic heterocycles. The Morgan fingerprint density at radius 2 is 1.80 bits per heavy atom. The highest BCUT2D eigenvalue weighted by atomic mass is 16.5. The fourth-order valence-corrected chi connectivity index (χ4v) is 2.84. The Kier molecular flexibility index (Phi) is 5.64. The van der Waals surface area contributed by atoms with Gasteiger partial charge in [0.2, 0.25) is 0 Å². The predicted molar refractivity (Wildman–Crippen MR) is 101 cm³/mol. The Morgan fingerprint density at radius 3 is 2.56 bits per heavy atom. The van der Waals surface area contributed by atoms with Crippen LogP contribution in [0.2, 0.25) is 0 Å². The van der Waals surface area contributed by atoms with Crippen molar-refractivity contribution in [1.82, 2.24) is 9.88 Å². The molecule has 2 atom stereocenters. The number of aliphatic hydroxyl groups is 1. The molecule has 2 unspecified atom stereocenters. The number of aliphatic hydroxyl groups excluding tert-OH is 1. The Labute approximate surface area is 148 Å². The van der Waals surface area contributed by atoms with Gasteiger partial charge >= 0.3 is 0 Å². The fourth-order valence-electron chi connectivity index (χ4n) is 2.84. The summed E-state index contributed by atoms with van der Waals surface area (Å²) in [5.41, 5.74) is 0.993. The Hall–Kier alpha value is -2.43. The number of rotatable bonds is 7. The highest BCUT2D eigenvalue weighted by Gasteiger charge is 2.16. The number of ether oxygens (including phenoxy) is 1. The van der Waals surface area contributed by atoms with Crippen LogP contribution in [-0.4, -0.2) is 41.3 Å². The van der Waals surface area contributed by atoms with E-state index in [0.29, 0.717) is 6.54 Å². The molecular weight excluding hydrogens is 312 g/mol. The molecule has 4 nitrogen and oxygen atoms in total. The van der Waals surface area contributed by atoms with Gasteiger partial charge in [0.1, 0.15) is 18.5 Å². The molecule has 0 aliphatic rings. The first-order valence-corrected chi connectivity index (χ1v) is 8.54. The van der Waals surface area contributed by atoms with E-state index >= 15 is 0 Å². The second-order valence-corrected chi connectivity index (χ2v) is 6.34. The van der Waals surface area contributed by atoms with Gasteiger partial charge in [-0.1, -0.05) is 36.4 Å². The van der Waals surface area contributed by atoms with Crippen LogP contribution in [0.1, 0.15) is 18.7 Å². The van der Waals surface area contributed by atoms with E-state index in [-0.39, 0.29) is 12.6 Å². The SMILES string of the molecule is CC(c1ccccn1)N(C)CC(O)COc1ccc2ccccc2c1. The largest absolute Gasteiger partial charge is 0.491 e. The van der Waals surface area contributed by atoms with Crippen LogP contribution in [0.4, 0.5) is 0 Å². The normalized spacial score (nSPS) is 13.8. The standard InChI is InChI=1S/C21H24N2O2/c1-16(21-9-5-6-12-22-21)23(2)14-19(24)15-25-20-11-10-17-7-3-4-8-18(17)13-20/h3-13,16,19,24H,14-15H2,1-2H3. The van der Waals surface area contributed by atoms with Gasteiger partial charge in [-0.25, -0.2) is 0 Å². The minimum Gasteiger partial charge on any atom is -0.491 e. The molecule has 0 aliphatic carbocycles. The van der Waals surface area contributed by atoms with E-state index in [1.807, 2.05) is 55.6 Å². The smallest absolute Gasteiger partial charge is 0.120 e. The molecule has 1 N–H and O–H groups in total. The fraction of sp³-hybridized carbons (Fsp3) is 0.286. The number of hydrogen-bond acceptors (Lipinski definition) is 4. The zero-order chi connectivity index (χ0) is 17.6. The van der Waals surface area contributed by atoms with Gasteiger partial charge in [-0.05, 0) is 49.0 Å². The van der Waals surface area contributed by atoms with Crippen molar-refractivity contribution in [2.75, 3.05) is 20.2 Å². The molecular formula is C21H24N2O2. The number of benzene rings is 2. The van der Waals surface area contributed by atoms with Crippen molar-refractivity contribution in [3.8, 4) is 5.75 Å². The van der Waals surface area contributed by atoms with Crippen LogP contribution in [0.3, 0.4) is 0 Å². The molecule has 3 rings (SSSR count). The molecule has 25 heavy (non-hydrogen) atoms. The summed E-state index contributed by atoms with van der Waals surface area (Å²) >= 11 is 0. The quantitative estimate of drug-likeness (QED) is 0.715. The lowest BCUT2D eigenvalue weighted by Gasteiger charge is -2.26. The van der Waals surface area contributed by atoms with Gasteiger partial charge < -0.3 is 9.84 Å². The van der Waals surface area contributed by atoms with Gasteiger partial charge in [0.15, 0.2) is 0 Å². The summed E-state index contributed by atoms with van der Waals surface area (Å²) in [7, 11) is 1.98. The molecule has 0 fully saturated rings. The van der Waals surface area contributed by atoms with E-state index in [2.05, 4.69) is 28.9 Å². The van der Waals surface area contributed by atoms with Gasteiger partial charge in [0.05, 0.1) is 5.69 Å². The van der Waals surface area contributed by atoms with Crippen molar-refractivity contribution >= 4 is 10.8 Å². The third kappa shape index (κ3) is 4.56. The molecule has 0 saturated heterocycles. The van der Waals surface area contributed by atoms with Gasteiger partial charge in [0, 0.05) is 18.8 Å². The Balaban J connectivity index is 1.54. The highest BCUT2D eigenvalue weighted by molar-refractivity contribution is 5.83. The van der Waals surface area contributed by atoms with Crippen LogP contribution in [-0.2, 0) is 0 Å². The Bertz CT molecular complexity index is 807. The van der Waals surface area contributed by atoms with Crippen molar-refractivity contribution in [2.24, 2.45) is 0 Å². The van der Waals surface area contributed by atoms with Crippen LogP contribution in [0.25, 0.3) is 10.8 Å². The molecule has 0 radical (unpaired) electrons. The summed E-state index contributed by atoms with van der Waals surface area (Å²) < 4.78 is 5.77. The lowest BCUT2D eigenvalue weighted by atomic mass is 10.1. The van der Waals surface area contributed by atoms with Crippen LogP contribution >= 0.6 is 0 Å². The molecule has 1 heterocycles. The van der Waals surface area contributed by atoms with Crippen molar-refractivity contribution < 1.29 is 9.84 Å². The zero-order valence-electron chi connectivity index (χ0n) is 14.7. The number of fused-ring (bicyclic) bond motifs is 1. The van der Waals surface area contributed by atoms with Gasteiger partial charge in [-0.3, -0.25) is 9.88 Å². The van der Waals surface area contributed by atoms with Gasteiger partial charge in [0.25, 0.3) is 0 Å². The van der Waals surface area contributed by atoms with Gasteiger partial charge in [-0.2, -0.15) is 0 Å². The first-order chi connectivity index (χ1) is 12.1. The molecule has 0 spiro atoms. The van der Waals surface area contributed by atoms with E-state index in [1.165, 1.54) is 5.39 Å². The number of pyridine rings is 1. The summed E-state index contributed by atoms with van der Waals surface area (Å²) in [6.07, 6.45) is 1.22. The number of hydrogen-bond donors (Lipinski definition) is 1. The monoisotopic (exact) mass is 336 g/mol. The lowest BCUT2D eigenvalue weighted by molar-refractivity contribution is 0.0648. The molecule has 0 amide bonds. The summed E-state index contributed by atoms with van der Waals surface area (Å²) in [5, 5.41) is 12.6. The molecule has 0 bridgehead atoms. The third-order valence-corrected chi connectivity index (χ3v) is 4.44. The average molecular weight is 336 g/mol. The van der Waals surface area contributed by atoms with Crippen molar-refractivity contribution in [3.05, 3.63) is 72.6 Å². The van der Waals surface area contributed by atoms with Crippen molar-refractivity contribution in [2.45, 2.75) is 19.1 Å². The van der Waals surface area contributed by atoms with E-state index in [9.17, 15) is 5.11 Å². The van der Waals surface area contributed by atoms with Crippen LogP contribution in [0.5, 0.6) is 5.75 Å². The second kappa shape index (κ2) is 8.10. The van der Waals surface area contributed by atoms with Crippen molar-refractivity contribution in [1.29, 1.82) is 0 Å². The van der Waals surface area contributed by atoms with E-state index in [4.69, 9.17) is 4.74 Å². The Morgan fingerprint density at radius 1 is 1.04 bits per heavy atom. The van der Waals surface area contributed by atoms with E-state index in [0.717, 1.165) is 16.8 Å². The van der Waals surface area contributed by atoms with E-state index < -0.39 is 6.10 Å². The lowest BCUT2D eigenvalue weighted by Crippen LogP contribution is -2.35. The number of aromatic nitrogens is 1. The maximum absolute atomic E-state index is 10.3. The first kappa shape index (κ1) is 17.4. The molecule has 4 heteroatoms. The molecule has 3 aromatic rings. The first-order valence-electron chi connectivity index (χ1n) is 8.54. The third-order valence-electron chi connectivity index (χ3n) is 4.44. The summed E-state index contributed by atoms with van der Waals surface area (Å²) in [5.74, 6) is 0.776. The average Bonchev–Trinajstić information content (AvgIpc) is 2.66. The van der Waals surface area contributed by atoms with Crippen LogP contribution < -0.4 is 4.74 Å². The molecule has 2 aromatic carbocycles. The maximum Gasteiger partial charge on any atom is 0.120 e. The topological polar surface area (TPSA) is 45.6 Å². The van der Waals surface area contributed by atoms with Gasteiger partial charge in [-0.15, -0.1) is 0 Å². The van der Waals surface area contributed by atoms with E-state index in [1.54, 1.807) is 6.20 Å². The zero-order valence-corrected chi connectivity index (χ0v) is 14.7. The molecule has 1 aromatic heterocycles. The minimum atomic E-state index is -0.567. The molecule has 130 valence electrons. The van der Waals surface area contributed by atoms with Crippen LogP contribution in [0.15, 0.2) is 66.9 Å². The number of likely N-dealkylation sites (N-methyl/N-ethyl adjacent to an activating group) is 1. The van der Waals surface area contributed by atoms with Crippen LogP contribution in [0, 0.1) is 0 Å². The molecule has 0 saturated carbocycles. The summed E-state index contributed by atoms with van der Waals surface area (Å²) in [6.45, 7) is 2.86. The summed E-state index contributed by atoms with van der Waals surface area (Å²) in [4.78, 5) is 6.46. The number of nitrogens with zero attached hydrogens (tertiary/aromatic N) is 2. The maximum atomic E-state index is 10.3. The summed E-state index contributed by atoms with van der Waals surface area (Å²) in [6, 6.07) is 20.1. The second-order valence-electron chi connectivity index (χ2n) is 6.34.